The average molecular weight is 251 g/mol. The van der Waals surface area contributed by atoms with Gasteiger partial charge in [0, 0.05) is 11.6 Å². The minimum atomic E-state index is 0.559. The van der Waals surface area contributed by atoms with Crippen LogP contribution in [0.25, 0.3) is 0 Å². The first-order chi connectivity index (χ1) is 8.15. The maximum absolute atomic E-state index is 5.79. The van der Waals surface area contributed by atoms with Crippen molar-refractivity contribution in [2.75, 3.05) is 11.1 Å². The lowest BCUT2D eigenvalue weighted by molar-refractivity contribution is 0.304. The SMILES string of the molecule is Cc1c(N)nsc1NC(C)C1CC2CCC1C2. The number of aromatic nitrogens is 1. The fourth-order valence-corrected chi connectivity index (χ4v) is 4.51. The molecule has 4 atom stereocenters. The molecule has 2 bridgehead atoms. The monoisotopic (exact) mass is 251 g/mol. The van der Waals surface area contributed by atoms with Gasteiger partial charge in [-0.15, -0.1) is 0 Å². The predicted octanol–water partition coefficient (Wildman–Crippen LogP) is 3.27. The Bertz CT molecular complexity index is 415. The van der Waals surface area contributed by atoms with E-state index >= 15 is 0 Å². The number of anilines is 2. The molecule has 4 heteroatoms. The largest absolute Gasteiger partial charge is 0.383 e. The van der Waals surface area contributed by atoms with E-state index in [1.807, 2.05) is 0 Å². The molecule has 2 aliphatic rings. The molecule has 2 fully saturated rings. The Hall–Kier alpha value is -0.770. The van der Waals surface area contributed by atoms with Crippen LogP contribution in [0.2, 0.25) is 0 Å². The zero-order chi connectivity index (χ0) is 12.0. The number of nitrogens with two attached hydrogens (primary N) is 1. The van der Waals surface area contributed by atoms with Crippen molar-refractivity contribution >= 4 is 22.4 Å². The van der Waals surface area contributed by atoms with Crippen molar-refractivity contribution in [3.63, 3.8) is 0 Å². The van der Waals surface area contributed by atoms with E-state index in [9.17, 15) is 0 Å². The van der Waals surface area contributed by atoms with Crippen LogP contribution in [0.3, 0.4) is 0 Å². The van der Waals surface area contributed by atoms with Crippen molar-refractivity contribution in [3.05, 3.63) is 5.56 Å². The van der Waals surface area contributed by atoms with E-state index in [4.69, 9.17) is 5.73 Å². The highest BCUT2D eigenvalue weighted by Crippen LogP contribution is 2.50. The van der Waals surface area contributed by atoms with Crippen molar-refractivity contribution in [1.29, 1.82) is 0 Å². The molecule has 0 aromatic carbocycles. The number of hydrogen-bond acceptors (Lipinski definition) is 4. The lowest BCUT2D eigenvalue weighted by Crippen LogP contribution is -2.29. The second kappa shape index (κ2) is 4.16. The molecule has 0 spiro atoms. The molecular weight excluding hydrogens is 230 g/mol. The molecule has 1 heterocycles. The minimum Gasteiger partial charge on any atom is -0.383 e. The highest BCUT2D eigenvalue weighted by molar-refractivity contribution is 7.10. The van der Waals surface area contributed by atoms with E-state index in [1.165, 1.54) is 37.2 Å². The molecule has 17 heavy (non-hydrogen) atoms. The van der Waals surface area contributed by atoms with Gasteiger partial charge in [-0.1, -0.05) is 6.42 Å². The Morgan fingerprint density at radius 1 is 1.41 bits per heavy atom. The third-order valence-electron chi connectivity index (χ3n) is 4.75. The maximum Gasteiger partial charge on any atom is 0.142 e. The highest BCUT2D eigenvalue weighted by atomic mass is 32.1. The highest BCUT2D eigenvalue weighted by Gasteiger charge is 2.41. The van der Waals surface area contributed by atoms with Gasteiger partial charge in [0.1, 0.15) is 10.8 Å². The Labute approximate surface area is 107 Å². The fraction of sp³-hybridized carbons (Fsp3) is 0.769. The van der Waals surface area contributed by atoms with E-state index < -0.39 is 0 Å². The van der Waals surface area contributed by atoms with Crippen LogP contribution in [-0.2, 0) is 0 Å². The summed E-state index contributed by atoms with van der Waals surface area (Å²) in [4.78, 5) is 0. The van der Waals surface area contributed by atoms with Gasteiger partial charge in [0.2, 0.25) is 0 Å². The molecule has 1 aromatic rings. The number of rotatable bonds is 3. The molecule has 0 aliphatic heterocycles. The first-order valence-electron chi connectivity index (χ1n) is 6.63. The summed E-state index contributed by atoms with van der Waals surface area (Å²) in [5.41, 5.74) is 6.91. The number of nitrogens with zero attached hydrogens (tertiary/aromatic N) is 1. The zero-order valence-corrected chi connectivity index (χ0v) is 11.4. The first kappa shape index (κ1) is 11.3. The quantitative estimate of drug-likeness (QED) is 0.867. The molecule has 3 nitrogen and oxygen atoms in total. The molecule has 3 N–H and O–H groups in total. The minimum absolute atomic E-state index is 0.559. The second-order valence-electron chi connectivity index (χ2n) is 5.79. The standard InChI is InChI=1S/C13H21N3S/c1-7-12(14)16-17-13(7)15-8(2)11-6-9-3-4-10(11)5-9/h8-11,15H,3-6H2,1-2H3,(H2,14,16). The molecule has 4 unspecified atom stereocenters. The number of nitrogens with one attached hydrogen (secondary N) is 1. The van der Waals surface area contributed by atoms with Crippen LogP contribution in [0.5, 0.6) is 0 Å². The van der Waals surface area contributed by atoms with Crippen molar-refractivity contribution < 1.29 is 0 Å². The summed E-state index contributed by atoms with van der Waals surface area (Å²) in [6.45, 7) is 4.37. The summed E-state index contributed by atoms with van der Waals surface area (Å²) in [5.74, 6) is 3.52. The summed E-state index contributed by atoms with van der Waals surface area (Å²) in [5, 5.41) is 4.80. The van der Waals surface area contributed by atoms with Crippen LogP contribution < -0.4 is 11.1 Å². The smallest absolute Gasteiger partial charge is 0.142 e. The molecule has 0 amide bonds. The zero-order valence-electron chi connectivity index (χ0n) is 10.6. The summed E-state index contributed by atoms with van der Waals surface area (Å²) in [6, 6.07) is 0.559. The Kier molecular flexibility index (Phi) is 2.77. The lowest BCUT2D eigenvalue weighted by atomic mass is 9.84. The summed E-state index contributed by atoms with van der Waals surface area (Å²) >= 11 is 1.50. The molecule has 1 aromatic heterocycles. The fourth-order valence-electron chi connectivity index (χ4n) is 3.70. The second-order valence-corrected chi connectivity index (χ2v) is 6.57. The summed E-state index contributed by atoms with van der Waals surface area (Å²) < 4.78 is 4.20. The van der Waals surface area contributed by atoms with Gasteiger partial charge in [0.05, 0.1) is 0 Å². The molecule has 94 valence electrons. The maximum atomic E-state index is 5.79. The van der Waals surface area contributed by atoms with Gasteiger partial charge in [-0.25, -0.2) is 0 Å². The van der Waals surface area contributed by atoms with Gasteiger partial charge in [-0.05, 0) is 62.4 Å². The summed E-state index contributed by atoms with van der Waals surface area (Å²) in [7, 11) is 0. The van der Waals surface area contributed by atoms with E-state index in [0.717, 1.165) is 28.3 Å². The Morgan fingerprint density at radius 2 is 2.24 bits per heavy atom. The van der Waals surface area contributed by atoms with Gasteiger partial charge < -0.3 is 11.1 Å². The third-order valence-corrected chi connectivity index (χ3v) is 5.65. The number of fused-ring (bicyclic) bond motifs is 2. The number of hydrogen-bond donors (Lipinski definition) is 2. The lowest BCUT2D eigenvalue weighted by Gasteiger charge is -2.28. The van der Waals surface area contributed by atoms with E-state index in [0.29, 0.717) is 11.9 Å². The predicted molar refractivity (Wildman–Crippen MR) is 73.3 cm³/mol. The van der Waals surface area contributed by atoms with Crippen LogP contribution in [0, 0.1) is 24.7 Å². The molecule has 0 saturated heterocycles. The van der Waals surface area contributed by atoms with Crippen LogP contribution in [0.15, 0.2) is 0 Å². The molecule has 0 radical (unpaired) electrons. The van der Waals surface area contributed by atoms with Crippen LogP contribution >= 0.6 is 11.5 Å². The van der Waals surface area contributed by atoms with Gasteiger partial charge in [-0.3, -0.25) is 0 Å². The summed E-state index contributed by atoms with van der Waals surface area (Å²) in [6.07, 6.45) is 5.82. The van der Waals surface area contributed by atoms with E-state index in [2.05, 4.69) is 23.5 Å². The average Bonchev–Trinajstić information content (AvgIpc) is 3.00. The van der Waals surface area contributed by atoms with Crippen LogP contribution in [0.4, 0.5) is 10.8 Å². The molecule has 3 rings (SSSR count). The van der Waals surface area contributed by atoms with Gasteiger partial charge in [0.25, 0.3) is 0 Å². The first-order valence-corrected chi connectivity index (χ1v) is 7.40. The van der Waals surface area contributed by atoms with Gasteiger partial charge in [0.15, 0.2) is 0 Å². The molecule has 2 saturated carbocycles. The molecule has 2 aliphatic carbocycles. The topological polar surface area (TPSA) is 50.9 Å². The third kappa shape index (κ3) is 1.92. The molecular formula is C13H21N3S. The normalized spacial score (nSPS) is 32.9. The van der Waals surface area contributed by atoms with E-state index in [-0.39, 0.29) is 0 Å². The van der Waals surface area contributed by atoms with Crippen molar-refractivity contribution in [1.82, 2.24) is 4.37 Å². The van der Waals surface area contributed by atoms with Crippen LogP contribution in [-0.4, -0.2) is 10.4 Å². The van der Waals surface area contributed by atoms with Crippen molar-refractivity contribution in [2.24, 2.45) is 17.8 Å². The number of nitrogen functional groups attached to an aromatic ring is 1. The Morgan fingerprint density at radius 3 is 2.76 bits per heavy atom. The van der Waals surface area contributed by atoms with Crippen molar-refractivity contribution in [2.45, 2.75) is 45.6 Å². The Balaban J connectivity index is 1.67. The van der Waals surface area contributed by atoms with Crippen molar-refractivity contribution in [3.8, 4) is 0 Å². The van der Waals surface area contributed by atoms with Gasteiger partial charge in [-0.2, -0.15) is 4.37 Å². The van der Waals surface area contributed by atoms with E-state index in [1.54, 1.807) is 0 Å². The van der Waals surface area contributed by atoms with Crippen LogP contribution in [0.1, 0.15) is 38.2 Å². The van der Waals surface area contributed by atoms with Gasteiger partial charge >= 0.3 is 0 Å².